The van der Waals surface area contributed by atoms with Crippen molar-refractivity contribution in [2.24, 2.45) is 11.5 Å². The van der Waals surface area contributed by atoms with Gasteiger partial charge in [-0.1, -0.05) is 0 Å². The van der Waals surface area contributed by atoms with Gasteiger partial charge < -0.3 is 0 Å². The third kappa shape index (κ3) is 6.83. The molecule has 0 heterocycles. The first kappa shape index (κ1) is 16.6. The van der Waals surface area contributed by atoms with E-state index in [9.17, 15) is 9.59 Å². The van der Waals surface area contributed by atoms with Crippen LogP contribution in [0.4, 0.5) is 0 Å². The number of nitrogens with two attached hydrogens (primary N) is 2. The Hall–Kier alpha value is -0.361. The fourth-order valence-electron chi connectivity index (χ4n) is 0.840. The molecule has 98 valence electrons. The number of aliphatic carboxylic acids is 2. The number of carbonyl (C=O) groups is 2. The number of carboxylic acids is 2. The molecule has 0 saturated carbocycles. The second-order valence-corrected chi connectivity index (χ2v) is 10.8. The first-order valence-corrected chi connectivity index (χ1v) is 11.3. The molecule has 0 amide bonds. The van der Waals surface area contributed by atoms with Crippen molar-refractivity contribution in [1.29, 1.82) is 0 Å². The molecule has 0 aromatic rings. The van der Waals surface area contributed by atoms with E-state index in [2.05, 4.69) is 6.58 Å². The summed E-state index contributed by atoms with van der Waals surface area (Å²) in [5.41, 5.74) is 10.9. The zero-order valence-electron chi connectivity index (χ0n) is 9.11. The topological polar surface area (TPSA) is 127 Å². The van der Waals surface area contributed by atoms with Crippen LogP contribution in [-0.2, 0) is 9.59 Å². The Bertz CT molecular complexity index is 288. The Morgan fingerprint density at radius 1 is 1.29 bits per heavy atom. The van der Waals surface area contributed by atoms with Crippen molar-refractivity contribution >= 4 is 38.2 Å². The Morgan fingerprint density at radius 3 is 2.29 bits per heavy atom. The fourth-order valence-corrected chi connectivity index (χ4v) is 9.45. The molecule has 0 radical (unpaired) electrons. The molecule has 0 aliphatic rings. The van der Waals surface area contributed by atoms with E-state index >= 15 is 0 Å². The summed E-state index contributed by atoms with van der Waals surface area (Å²) in [6.45, 7) is 3.56. The maximum atomic E-state index is 10.8. The standard InChI is InChI=1S/C9H16N2O4Se2/c1-2-3-6(7(11)9(14)15)17-16-4-5(10)8(12)13/h2,5-7H,1,3-4,10-11H2,(H,12,13)(H,14,15)/t5-,6?,7-/m0/s1. The van der Waals surface area contributed by atoms with E-state index < -0.39 is 24.0 Å². The predicted octanol–water partition coefficient (Wildman–Crippen LogP) is -1.08. The first-order valence-electron chi connectivity index (χ1n) is 4.76. The summed E-state index contributed by atoms with van der Waals surface area (Å²) in [5, 5.41) is 17.8. The van der Waals surface area contributed by atoms with E-state index in [0.29, 0.717) is 11.7 Å². The molecule has 1 unspecified atom stereocenters. The summed E-state index contributed by atoms with van der Waals surface area (Å²) in [6, 6.07) is -1.77. The molecule has 0 bridgehead atoms. The van der Waals surface area contributed by atoms with E-state index in [0.717, 1.165) is 0 Å². The van der Waals surface area contributed by atoms with Crippen molar-refractivity contribution in [2.75, 3.05) is 0 Å². The molecular formula is C9H16N2O4Se2. The molecule has 0 aliphatic carbocycles. The van der Waals surface area contributed by atoms with E-state index in [1.807, 2.05) is 0 Å². The van der Waals surface area contributed by atoms with Crippen molar-refractivity contribution in [3.05, 3.63) is 12.7 Å². The average Bonchev–Trinajstić information content (AvgIpc) is 2.26. The van der Waals surface area contributed by atoms with Gasteiger partial charge in [-0.3, -0.25) is 0 Å². The summed E-state index contributed by atoms with van der Waals surface area (Å²) in [5.74, 6) is -2.05. The van der Waals surface area contributed by atoms with Crippen molar-refractivity contribution in [1.82, 2.24) is 0 Å². The molecular weight excluding hydrogens is 358 g/mol. The monoisotopic (exact) mass is 376 g/mol. The van der Waals surface area contributed by atoms with Gasteiger partial charge in [0.05, 0.1) is 0 Å². The molecule has 17 heavy (non-hydrogen) atoms. The molecule has 0 fully saturated rings. The summed E-state index contributed by atoms with van der Waals surface area (Å²) >= 11 is 0.0393. The fraction of sp³-hybridized carbons (Fsp3) is 0.556. The van der Waals surface area contributed by atoms with Gasteiger partial charge in [-0.05, 0) is 0 Å². The predicted molar refractivity (Wildman–Crippen MR) is 66.1 cm³/mol. The van der Waals surface area contributed by atoms with Gasteiger partial charge in [0.2, 0.25) is 0 Å². The molecule has 0 aromatic carbocycles. The second-order valence-electron chi connectivity index (χ2n) is 3.25. The number of allylic oxidation sites excluding steroid dienone is 1. The Morgan fingerprint density at radius 2 is 1.88 bits per heavy atom. The summed E-state index contributed by atoms with van der Waals surface area (Å²) < 4.78 is 0. The SMILES string of the molecule is C=CCC([Se][Se]C[C@H](N)C(=O)O)[C@H](N)C(=O)O. The Labute approximate surface area is 111 Å². The average molecular weight is 374 g/mol. The number of carboxylic acid groups (broad SMARTS) is 2. The normalized spacial score (nSPS) is 15.9. The zero-order valence-corrected chi connectivity index (χ0v) is 12.5. The van der Waals surface area contributed by atoms with Crippen LogP contribution in [-0.4, -0.2) is 60.5 Å². The van der Waals surface area contributed by atoms with Crippen molar-refractivity contribution < 1.29 is 19.8 Å². The number of rotatable bonds is 9. The molecule has 0 aromatic heterocycles. The molecule has 6 nitrogen and oxygen atoms in total. The minimum atomic E-state index is -1.03. The van der Waals surface area contributed by atoms with E-state index in [-0.39, 0.29) is 31.1 Å². The van der Waals surface area contributed by atoms with Gasteiger partial charge in [-0.15, -0.1) is 0 Å². The second kappa shape index (κ2) is 8.69. The van der Waals surface area contributed by atoms with Gasteiger partial charge in [-0.2, -0.15) is 0 Å². The molecule has 8 heteroatoms. The van der Waals surface area contributed by atoms with Crippen LogP contribution in [0, 0.1) is 0 Å². The van der Waals surface area contributed by atoms with E-state index in [1.165, 1.54) is 0 Å². The van der Waals surface area contributed by atoms with Crippen LogP contribution >= 0.6 is 0 Å². The van der Waals surface area contributed by atoms with Crippen LogP contribution in [0.25, 0.3) is 0 Å². The molecule has 3 atom stereocenters. The molecule has 0 saturated heterocycles. The van der Waals surface area contributed by atoms with Gasteiger partial charge >= 0.3 is 111 Å². The van der Waals surface area contributed by atoms with Crippen LogP contribution in [0.5, 0.6) is 0 Å². The number of hydrogen-bond donors (Lipinski definition) is 4. The van der Waals surface area contributed by atoms with Crippen molar-refractivity contribution in [2.45, 2.75) is 28.6 Å². The molecule has 0 aliphatic heterocycles. The van der Waals surface area contributed by atoms with Crippen LogP contribution in [0.1, 0.15) is 6.42 Å². The van der Waals surface area contributed by atoms with Gasteiger partial charge in [0.25, 0.3) is 0 Å². The first-order chi connectivity index (χ1) is 7.90. The van der Waals surface area contributed by atoms with E-state index in [4.69, 9.17) is 21.7 Å². The zero-order chi connectivity index (χ0) is 13.4. The van der Waals surface area contributed by atoms with Gasteiger partial charge in [0, 0.05) is 0 Å². The summed E-state index contributed by atoms with van der Waals surface area (Å²) in [6.07, 6.45) is 2.18. The van der Waals surface area contributed by atoms with Crippen LogP contribution in [0.15, 0.2) is 12.7 Å². The van der Waals surface area contributed by atoms with Gasteiger partial charge in [0.1, 0.15) is 0 Å². The molecule has 0 spiro atoms. The van der Waals surface area contributed by atoms with E-state index in [1.54, 1.807) is 6.08 Å². The van der Waals surface area contributed by atoms with Crippen LogP contribution < -0.4 is 11.5 Å². The third-order valence-corrected chi connectivity index (χ3v) is 10.4. The molecule has 0 rings (SSSR count). The van der Waals surface area contributed by atoms with Gasteiger partial charge in [-0.25, -0.2) is 0 Å². The quantitative estimate of drug-likeness (QED) is 0.300. The van der Waals surface area contributed by atoms with Crippen LogP contribution in [0.3, 0.4) is 0 Å². The Balaban J connectivity index is 4.13. The minimum absolute atomic E-state index is 0.00602. The summed E-state index contributed by atoms with van der Waals surface area (Å²) in [4.78, 5) is 21.1. The maximum absolute atomic E-state index is 10.8. The molecule has 6 N–H and O–H groups in total. The van der Waals surface area contributed by atoms with Gasteiger partial charge in [0.15, 0.2) is 0 Å². The van der Waals surface area contributed by atoms with Crippen LogP contribution in [0.2, 0.25) is 10.1 Å². The van der Waals surface area contributed by atoms with Crippen molar-refractivity contribution in [3.8, 4) is 0 Å². The third-order valence-electron chi connectivity index (χ3n) is 1.84. The Kier molecular flexibility index (Phi) is 8.50. The number of hydrogen-bond acceptors (Lipinski definition) is 4. The van der Waals surface area contributed by atoms with Crippen molar-refractivity contribution in [3.63, 3.8) is 0 Å². The summed E-state index contributed by atoms with van der Waals surface area (Å²) in [7, 11) is 0.